The van der Waals surface area contributed by atoms with Crippen molar-refractivity contribution >= 4 is 28.9 Å². The van der Waals surface area contributed by atoms with Crippen LogP contribution in [0.4, 0.5) is 13.2 Å². The lowest BCUT2D eigenvalue weighted by atomic mass is 10.1. The monoisotopic (exact) mass is 488 g/mol. The van der Waals surface area contributed by atoms with Gasteiger partial charge >= 0.3 is 6.18 Å². The normalized spacial score (nSPS) is 19.1. The summed E-state index contributed by atoms with van der Waals surface area (Å²) in [6.07, 6.45) is -2.13. The molecule has 0 aromatic heterocycles. The van der Waals surface area contributed by atoms with Gasteiger partial charge in [-0.05, 0) is 66.7 Å². The van der Waals surface area contributed by atoms with E-state index in [0.717, 1.165) is 31.6 Å². The summed E-state index contributed by atoms with van der Waals surface area (Å²) in [6, 6.07) is 9.59. The molecule has 0 aliphatic carbocycles. The molecule has 2 heterocycles. The summed E-state index contributed by atoms with van der Waals surface area (Å²) in [5.41, 5.74) is -0.607. The number of benzene rings is 2. The minimum Gasteiger partial charge on any atom is -0.493 e. The first-order chi connectivity index (χ1) is 16.3. The van der Waals surface area contributed by atoms with Gasteiger partial charge in [-0.2, -0.15) is 23.4 Å². The fourth-order valence-corrected chi connectivity index (χ4v) is 4.35. The number of nitriles is 1. The molecule has 34 heavy (non-hydrogen) atoms. The van der Waals surface area contributed by atoms with Crippen LogP contribution in [-0.4, -0.2) is 37.3 Å². The topological polar surface area (TPSA) is 95.7 Å². The van der Waals surface area contributed by atoms with Crippen molar-refractivity contribution in [3.63, 3.8) is 0 Å². The van der Waals surface area contributed by atoms with Crippen LogP contribution in [0, 0.1) is 11.3 Å². The van der Waals surface area contributed by atoms with Crippen molar-refractivity contribution in [2.45, 2.75) is 18.6 Å². The molecule has 1 atom stereocenters. The molecule has 0 radical (unpaired) electrons. The number of carbonyl (C=O) groups is 1. The van der Waals surface area contributed by atoms with Crippen LogP contribution in [0.1, 0.15) is 23.1 Å². The molecular weight excluding hydrogens is 469 g/mol. The molecule has 7 nitrogen and oxygen atoms in total. The molecule has 2 aliphatic rings. The summed E-state index contributed by atoms with van der Waals surface area (Å²) >= 11 is 1.23. The lowest BCUT2D eigenvalue weighted by molar-refractivity contribution is -0.138. The summed E-state index contributed by atoms with van der Waals surface area (Å²) in [4.78, 5) is 16.7. The molecule has 1 amide bonds. The number of nitrogens with zero attached hydrogens (tertiary/aromatic N) is 2. The van der Waals surface area contributed by atoms with E-state index in [2.05, 4.69) is 15.6 Å². The lowest BCUT2D eigenvalue weighted by Gasteiger charge is -2.16. The predicted molar refractivity (Wildman–Crippen MR) is 122 cm³/mol. The molecular formula is C23H19F3N4O3S. The van der Waals surface area contributed by atoms with E-state index in [1.54, 1.807) is 24.3 Å². The maximum absolute atomic E-state index is 13.5. The van der Waals surface area contributed by atoms with Crippen LogP contribution in [0.15, 0.2) is 46.3 Å². The predicted octanol–water partition coefficient (Wildman–Crippen LogP) is 4.30. The third kappa shape index (κ3) is 5.35. The number of rotatable bonds is 5. The van der Waals surface area contributed by atoms with Crippen molar-refractivity contribution in [3.8, 4) is 23.3 Å². The number of amides is 1. The number of hydrogen-bond acceptors (Lipinski definition) is 7. The van der Waals surface area contributed by atoms with Gasteiger partial charge in [0.2, 0.25) is 0 Å². The summed E-state index contributed by atoms with van der Waals surface area (Å²) in [5.74, 6) is -0.593. The zero-order valence-electron chi connectivity index (χ0n) is 17.9. The van der Waals surface area contributed by atoms with Gasteiger partial charge < -0.3 is 20.1 Å². The highest BCUT2D eigenvalue weighted by Crippen LogP contribution is 2.41. The fraction of sp³-hybridized carbons (Fsp3) is 0.261. The highest BCUT2D eigenvalue weighted by Gasteiger charge is 2.35. The molecule has 0 spiro atoms. The number of ether oxygens (including phenoxy) is 2. The van der Waals surface area contributed by atoms with Crippen LogP contribution >= 0.6 is 11.8 Å². The summed E-state index contributed by atoms with van der Waals surface area (Å²) in [6.45, 7) is 1.72. The van der Waals surface area contributed by atoms with Gasteiger partial charge in [-0.1, -0.05) is 6.07 Å². The number of alkyl halides is 3. The fourth-order valence-electron chi connectivity index (χ4n) is 3.46. The Morgan fingerprint density at radius 3 is 2.71 bits per heavy atom. The van der Waals surface area contributed by atoms with Crippen molar-refractivity contribution in [1.29, 1.82) is 5.26 Å². The zero-order valence-corrected chi connectivity index (χ0v) is 18.7. The molecule has 2 aromatic rings. The van der Waals surface area contributed by atoms with Crippen LogP contribution in [0.5, 0.6) is 17.2 Å². The van der Waals surface area contributed by atoms with E-state index in [1.165, 1.54) is 31.0 Å². The van der Waals surface area contributed by atoms with Gasteiger partial charge in [0.1, 0.15) is 5.75 Å². The van der Waals surface area contributed by atoms with Crippen LogP contribution in [0.2, 0.25) is 0 Å². The summed E-state index contributed by atoms with van der Waals surface area (Å²) in [7, 11) is 1.36. The van der Waals surface area contributed by atoms with E-state index in [1.807, 2.05) is 0 Å². The van der Waals surface area contributed by atoms with Gasteiger partial charge in [0, 0.05) is 12.6 Å². The zero-order chi connectivity index (χ0) is 24.3. The molecule has 0 saturated carbocycles. The van der Waals surface area contributed by atoms with Crippen molar-refractivity contribution in [2.75, 3.05) is 20.2 Å². The van der Waals surface area contributed by atoms with Gasteiger partial charge in [-0.25, -0.2) is 0 Å². The third-order valence-electron chi connectivity index (χ3n) is 5.13. The Labute approximate surface area is 197 Å². The van der Waals surface area contributed by atoms with Gasteiger partial charge in [-0.3, -0.25) is 4.79 Å². The molecule has 2 N–H and O–H groups in total. The average Bonchev–Trinajstić information content (AvgIpc) is 3.44. The molecule has 11 heteroatoms. The van der Waals surface area contributed by atoms with Crippen molar-refractivity contribution in [2.24, 2.45) is 4.99 Å². The number of thioether (sulfide) groups is 1. The largest absolute Gasteiger partial charge is 0.493 e. The smallest absolute Gasteiger partial charge is 0.420 e. The van der Waals surface area contributed by atoms with E-state index in [-0.39, 0.29) is 29.0 Å². The quantitative estimate of drug-likeness (QED) is 0.606. The molecule has 0 bridgehead atoms. The van der Waals surface area contributed by atoms with E-state index in [9.17, 15) is 18.0 Å². The molecule has 4 rings (SSSR count). The van der Waals surface area contributed by atoms with Crippen LogP contribution in [0.3, 0.4) is 0 Å². The van der Waals surface area contributed by atoms with Crippen molar-refractivity contribution < 1.29 is 27.4 Å². The minimum absolute atomic E-state index is 0.0533. The number of halogens is 3. The highest BCUT2D eigenvalue weighted by molar-refractivity contribution is 8.18. The number of amidine groups is 1. The number of carbonyl (C=O) groups excluding carboxylic acids is 1. The minimum atomic E-state index is -4.71. The lowest BCUT2D eigenvalue weighted by Crippen LogP contribution is -2.33. The van der Waals surface area contributed by atoms with E-state index >= 15 is 0 Å². The Hall–Kier alpha value is -3.49. The number of aliphatic imine (C=N–C) groups is 1. The van der Waals surface area contributed by atoms with Gasteiger partial charge in [0.15, 0.2) is 16.7 Å². The van der Waals surface area contributed by atoms with Gasteiger partial charge in [0.05, 0.1) is 29.2 Å². The Morgan fingerprint density at radius 1 is 1.24 bits per heavy atom. The molecule has 1 unspecified atom stereocenters. The Morgan fingerprint density at radius 2 is 2.03 bits per heavy atom. The standard InChI is InChI=1S/C23H19F3N4O3S/c1-32-19-9-13(10-20-21(31)30-22(34-20)29-15-6-7-28-12-15)2-5-18(19)33-17-4-3-14(11-27)8-16(17)23(24,25)26/h2-5,8-10,15,28H,6-7,12H2,1H3,(H,29,30,31). The molecule has 1 saturated heterocycles. The number of nitrogens with one attached hydrogen (secondary N) is 2. The second-order valence-corrected chi connectivity index (χ2v) is 8.53. The third-order valence-corrected chi connectivity index (χ3v) is 6.04. The Balaban J connectivity index is 1.54. The SMILES string of the molecule is COc1cc(C=C2SC(NC3CCNC3)=NC2=O)ccc1Oc1ccc(C#N)cc1C(F)(F)F. The number of hydrogen-bond donors (Lipinski definition) is 2. The first kappa shape index (κ1) is 23.7. The van der Waals surface area contributed by atoms with E-state index < -0.39 is 17.5 Å². The van der Waals surface area contributed by atoms with Gasteiger partial charge in [-0.15, -0.1) is 0 Å². The van der Waals surface area contributed by atoms with Crippen molar-refractivity contribution in [1.82, 2.24) is 10.6 Å². The van der Waals surface area contributed by atoms with E-state index in [4.69, 9.17) is 14.7 Å². The Bertz CT molecular complexity index is 1210. The molecule has 2 aliphatic heterocycles. The number of methoxy groups -OCH3 is 1. The molecule has 176 valence electrons. The second kappa shape index (κ2) is 9.79. The van der Waals surface area contributed by atoms with Crippen LogP contribution in [0.25, 0.3) is 6.08 Å². The van der Waals surface area contributed by atoms with Gasteiger partial charge in [0.25, 0.3) is 5.91 Å². The highest BCUT2D eigenvalue weighted by atomic mass is 32.2. The maximum atomic E-state index is 13.5. The first-order valence-electron chi connectivity index (χ1n) is 10.2. The van der Waals surface area contributed by atoms with Crippen LogP contribution < -0.4 is 20.1 Å². The van der Waals surface area contributed by atoms with Crippen LogP contribution in [-0.2, 0) is 11.0 Å². The maximum Gasteiger partial charge on any atom is 0.420 e. The second-order valence-electron chi connectivity index (χ2n) is 7.50. The average molecular weight is 488 g/mol. The summed E-state index contributed by atoms with van der Waals surface area (Å²) < 4.78 is 51.2. The molecule has 1 fully saturated rings. The first-order valence-corrected chi connectivity index (χ1v) is 11.1. The van der Waals surface area contributed by atoms with E-state index in [0.29, 0.717) is 15.6 Å². The van der Waals surface area contributed by atoms with Crippen molar-refractivity contribution in [3.05, 3.63) is 58.0 Å². The summed E-state index contributed by atoms with van der Waals surface area (Å²) in [5, 5.41) is 15.9. The Kier molecular flexibility index (Phi) is 6.81. The molecule has 2 aromatic carbocycles.